The zero-order valence-electron chi connectivity index (χ0n) is 15.0. The van der Waals surface area contributed by atoms with Crippen LogP contribution in [0, 0.1) is 5.92 Å². The van der Waals surface area contributed by atoms with Gasteiger partial charge < -0.3 is 10.2 Å². The van der Waals surface area contributed by atoms with Crippen molar-refractivity contribution in [2.24, 2.45) is 5.92 Å². The fourth-order valence-corrected chi connectivity index (χ4v) is 3.48. The number of fused-ring (bicyclic) bond motifs is 1. The average Bonchev–Trinajstić information content (AvgIpc) is 3.29. The van der Waals surface area contributed by atoms with Crippen molar-refractivity contribution in [1.82, 2.24) is 29.7 Å². The SMILES string of the molecule is CCC(C(=O)N1CCC(CNC(=O)c2c[nH]n3ccnc23)C1)N(C)C. The standard InChI is InChI=1S/C17H26N6O2/c1-4-14(21(2)3)17(25)22-7-5-12(11-22)9-19-16(24)13-10-20-23-8-6-18-15(13)23/h6,8,10,12,14,20H,4-5,7,9,11H2,1-3H3,(H,19,24). The van der Waals surface area contributed by atoms with Crippen molar-refractivity contribution in [2.75, 3.05) is 33.7 Å². The number of aromatic nitrogens is 3. The number of likely N-dealkylation sites (N-methyl/N-ethyl adjacent to an activating group) is 1. The summed E-state index contributed by atoms with van der Waals surface area (Å²) in [6, 6.07) is -0.0677. The first-order chi connectivity index (χ1) is 12.0. The summed E-state index contributed by atoms with van der Waals surface area (Å²) in [6.07, 6.45) is 6.80. The molecule has 25 heavy (non-hydrogen) atoms. The fraction of sp³-hybridized carbons (Fsp3) is 0.588. The number of carbonyl (C=O) groups excluding carboxylic acids is 2. The number of hydrogen-bond acceptors (Lipinski definition) is 4. The second kappa shape index (κ2) is 7.26. The van der Waals surface area contributed by atoms with Gasteiger partial charge in [-0.25, -0.2) is 9.50 Å². The summed E-state index contributed by atoms with van der Waals surface area (Å²) in [4.78, 5) is 33.0. The maximum atomic E-state index is 12.6. The molecule has 1 saturated heterocycles. The molecule has 0 saturated carbocycles. The molecule has 2 aromatic heterocycles. The van der Waals surface area contributed by atoms with Gasteiger partial charge in [-0.2, -0.15) is 0 Å². The first-order valence-electron chi connectivity index (χ1n) is 8.75. The van der Waals surface area contributed by atoms with Gasteiger partial charge in [-0.3, -0.25) is 19.6 Å². The number of nitrogens with one attached hydrogen (secondary N) is 2. The van der Waals surface area contributed by atoms with Crippen LogP contribution in [0.3, 0.4) is 0 Å². The maximum Gasteiger partial charge on any atom is 0.256 e. The molecule has 3 heterocycles. The van der Waals surface area contributed by atoms with Gasteiger partial charge in [0.25, 0.3) is 5.91 Å². The lowest BCUT2D eigenvalue weighted by Crippen LogP contribution is -2.45. The Balaban J connectivity index is 1.52. The van der Waals surface area contributed by atoms with Crippen molar-refractivity contribution in [2.45, 2.75) is 25.8 Å². The zero-order chi connectivity index (χ0) is 18.0. The molecular formula is C17H26N6O2. The molecule has 1 fully saturated rings. The third-order valence-electron chi connectivity index (χ3n) is 4.92. The van der Waals surface area contributed by atoms with Crippen LogP contribution < -0.4 is 5.32 Å². The maximum absolute atomic E-state index is 12.6. The van der Waals surface area contributed by atoms with Crippen molar-refractivity contribution >= 4 is 17.5 Å². The van der Waals surface area contributed by atoms with Crippen LogP contribution in [0.5, 0.6) is 0 Å². The predicted octanol–water partition coefficient (Wildman–Crippen LogP) is 0.581. The van der Waals surface area contributed by atoms with Crippen LogP contribution in [0.25, 0.3) is 5.65 Å². The molecule has 0 radical (unpaired) electrons. The van der Waals surface area contributed by atoms with Crippen molar-refractivity contribution in [3.05, 3.63) is 24.2 Å². The van der Waals surface area contributed by atoms with Crippen LogP contribution in [0.1, 0.15) is 30.1 Å². The first-order valence-corrected chi connectivity index (χ1v) is 8.75. The van der Waals surface area contributed by atoms with Crippen LogP contribution in [0.2, 0.25) is 0 Å². The number of rotatable bonds is 6. The molecule has 2 amide bonds. The Hall–Kier alpha value is -2.35. The van der Waals surface area contributed by atoms with E-state index in [1.165, 1.54) is 0 Å². The normalized spacial score (nSPS) is 18.9. The lowest BCUT2D eigenvalue weighted by Gasteiger charge is -2.27. The Morgan fingerprint density at radius 2 is 2.28 bits per heavy atom. The summed E-state index contributed by atoms with van der Waals surface area (Å²) < 4.78 is 1.71. The molecule has 136 valence electrons. The number of nitrogens with zero attached hydrogens (tertiary/aromatic N) is 4. The molecule has 0 spiro atoms. The van der Waals surface area contributed by atoms with Gasteiger partial charge in [0.05, 0.1) is 6.04 Å². The van der Waals surface area contributed by atoms with E-state index in [1.807, 2.05) is 30.8 Å². The second-order valence-corrected chi connectivity index (χ2v) is 6.84. The van der Waals surface area contributed by atoms with Gasteiger partial charge in [-0.1, -0.05) is 6.92 Å². The van der Waals surface area contributed by atoms with Crippen molar-refractivity contribution in [3.63, 3.8) is 0 Å². The highest BCUT2D eigenvalue weighted by atomic mass is 16.2. The minimum absolute atomic E-state index is 0.0677. The molecule has 8 heteroatoms. The number of H-pyrrole nitrogens is 1. The second-order valence-electron chi connectivity index (χ2n) is 6.84. The highest BCUT2D eigenvalue weighted by molar-refractivity contribution is 5.99. The van der Waals surface area contributed by atoms with E-state index in [2.05, 4.69) is 15.4 Å². The molecule has 2 atom stereocenters. The smallest absolute Gasteiger partial charge is 0.256 e. The summed E-state index contributed by atoms with van der Waals surface area (Å²) in [7, 11) is 3.88. The van der Waals surface area contributed by atoms with E-state index in [0.29, 0.717) is 30.2 Å². The number of amides is 2. The summed E-state index contributed by atoms with van der Waals surface area (Å²) in [6.45, 7) is 4.07. The molecule has 2 N–H and O–H groups in total. The predicted molar refractivity (Wildman–Crippen MR) is 94.3 cm³/mol. The van der Waals surface area contributed by atoms with E-state index < -0.39 is 0 Å². The molecule has 0 aromatic carbocycles. The first kappa shape index (κ1) is 17.5. The van der Waals surface area contributed by atoms with Gasteiger partial charge in [0.1, 0.15) is 5.56 Å². The minimum Gasteiger partial charge on any atom is -0.352 e. The molecule has 0 bridgehead atoms. The number of hydrogen-bond donors (Lipinski definition) is 2. The summed E-state index contributed by atoms with van der Waals surface area (Å²) in [5.41, 5.74) is 1.16. The van der Waals surface area contributed by atoms with E-state index in [4.69, 9.17) is 0 Å². The van der Waals surface area contributed by atoms with Crippen LogP contribution in [0.15, 0.2) is 18.6 Å². The zero-order valence-corrected chi connectivity index (χ0v) is 15.0. The van der Waals surface area contributed by atoms with Crippen LogP contribution in [-0.4, -0.2) is 76.0 Å². The third kappa shape index (κ3) is 3.53. The minimum atomic E-state index is -0.137. The van der Waals surface area contributed by atoms with E-state index >= 15 is 0 Å². The van der Waals surface area contributed by atoms with Gasteiger partial charge in [-0.05, 0) is 32.9 Å². The van der Waals surface area contributed by atoms with Crippen molar-refractivity contribution < 1.29 is 9.59 Å². The number of carbonyl (C=O) groups is 2. The van der Waals surface area contributed by atoms with Crippen molar-refractivity contribution in [3.8, 4) is 0 Å². The van der Waals surface area contributed by atoms with Gasteiger partial charge in [0.2, 0.25) is 5.91 Å². The third-order valence-corrected chi connectivity index (χ3v) is 4.92. The Morgan fingerprint density at radius 1 is 1.48 bits per heavy atom. The Bertz CT molecular complexity index is 749. The number of imidazole rings is 1. The monoisotopic (exact) mass is 346 g/mol. The highest BCUT2D eigenvalue weighted by Gasteiger charge is 2.31. The molecule has 1 aliphatic rings. The molecule has 2 unspecified atom stereocenters. The van der Waals surface area contributed by atoms with Crippen molar-refractivity contribution in [1.29, 1.82) is 0 Å². The molecule has 0 aliphatic carbocycles. The molecule has 1 aliphatic heterocycles. The summed E-state index contributed by atoms with van der Waals surface area (Å²) in [5, 5.41) is 5.94. The van der Waals surface area contributed by atoms with Crippen LogP contribution >= 0.6 is 0 Å². The van der Waals surface area contributed by atoms with E-state index in [1.54, 1.807) is 23.1 Å². The lowest BCUT2D eigenvalue weighted by atomic mass is 10.1. The van der Waals surface area contributed by atoms with Crippen LogP contribution in [-0.2, 0) is 4.79 Å². The Morgan fingerprint density at radius 3 is 3.00 bits per heavy atom. The van der Waals surface area contributed by atoms with E-state index in [9.17, 15) is 9.59 Å². The van der Waals surface area contributed by atoms with E-state index in [0.717, 1.165) is 19.4 Å². The van der Waals surface area contributed by atoms with Gasteiger partial charge >= 0.3 is 0 Å². The van der Waals surface area contributed by atoms with Crippen LogP contribution in [0.4, 0.5) is 0 Å². The Labute approximate surface area is 147 Å². The molecule has 3 rings (SSSR count). The number of likely N-dealkylation sites (tertiary alicyclic amines) is 1. The molecule has 8 nitrogen and oxygen atoms in total. The van der Waals surface area contributed by atoms with E-state index in [-0.39, 0.29) is 17.9 Å². The fourth-order valence-electron chi connectivity index (χ4n) is 3.48. The average molecular weight is 346 g/mol. The number of aromatic amines is 1. The summed E-state index contributed by atoms with van der Waals surface area (Å²) >= 11 is 0. The molecular weight excluding hydrogens is 320 g/mol. The topological polar surface area (TPSA) is 85.7 Å². The van der Waals surface area contributed by atoms with Gasteiger partial charge in [-0.15, -0.1) is 0 Å². The summed E-state index contributed by atoms with van der Waals surface area (Å²) in [5.74, 6) is 0.343. The van der Waals surface area contributed by atoms with Gasteiger partial charge in [0, 0.05) is 38.2 Å². The lowest BCUT2D eigenvalue weighted by molar-refractivity contribution is -0.135. The quantitative estimate of drug-likeness (QED) is 0.801. The largest absolute Gasteiger partial charge is 0.352 e. The highest BCUT2D eigenvalue weighted by Crippen LogP contribution is 2.18. The molecule has 2 aromatic rings. The Kier molecular flexibility index (Phi) is 5.08. The van der Waals surface area contributed by atoms with Gasteiger partial charge in [0.15, 0.2) is 5.65 Å².